The van der Waals surface area contributed by atoms with Crippen molar-refractivity contribution in [2.24, 2.45) is 17.0 Å². The molecule has 0 saturated heterocycles. The molecule has 4 nitrogen and oxygen atoms in total. The Balaban J connectivity index is 2.06. The summed E-state index contributed by atoms with van der Waals surface area (Å²) in [5, 5.41) is 8.63. The van der Waals surface area contributed by atoms with E-state index in [4.69, 9.17) is 5.14 Å². The summed E-state index contributed by atoms with van der Waals surface area (Å²) in [5.74, 6) is -3.82. The minimum atomic E-state index is -2.75. The maximum Gasteiger partial charge on any atom is 0.248 e. The van der Waals surface area contributed by atoms with Gasteiger partial charge in [-0.25, -0.2) is 13.8 Å². The van der Waals surface area contributed by atoms with E-state index in [0.717, 1.165) is 11.9 Å². The van der Waals surface area contributed by atoms with Gasteiger partial charge in [-0.1, -0.05) is 6.92 Å². The monoisotopic (exact) mass is 301 g/mol. The zero-order valence-electron chi connectivity index (χ0n) is 11.1. The fourth-order valence-corrected chi connectivity index (χ4v) is 2.72. The Bertz CT molecular complexity index is 498. The highest BCUT2D eigenvalue weighted by molar-refractivity contribution is 7.97. The van der Waals surface area contributed by atoms with Gasteiger partial charge in [0, 0.05) is 30.6 Å². The number of carbonyl (C=O) groups is 1. The number of alkyl halides is 2. The molecule has 110 valence electrons. The first-order valence-electron chi connectivity index (χ1n) is 6.43. The van der Waals surface area contributed by atoms with Crippen LogP contribution < -0.4 is 10.5 Å². The number of hydrogen-bond donors (Lipinski definition) is 2. The molecule has 0 radical (unpaired) electrons. The lowest BCUT2D eigenvalue weighted by molar-refractivity contribution is -0.130. The Morgan fingerprint density at radius 2 is 2.35 bits per heavy atom. The van der Waals surface area contributed by atoms with Gasteiger partial charge < -0.3 is 5.32 Å². The van der Waals surface area contributed by atoms with Crippen molar-refractivity contribution >= 4 is 23.5 Å². The lowest BCUT2D eigenvalue weighted by Gasteiger charge is -2.33. The number of carbonyl (C=O) groups excluding carboxylic acids is 1. The van der Waals surface area contributed by atoms with E-state index in [1.165, 1.54) is 6.20 Å². The molecule has 1 amide bonds. The number of halogens is 2. The third-order valence-electron chi connectivity index (χ3n) is 3.63. The Kier molecular flexibility index (Phi) is 4.59. The van der Waals surface area contributed by atoms with Crippen LogP contribution in [0.1, 0.15) is 26.2 Å². The second-order valence-corrected chi connectivity index (χ2v) is 5.83. The van der Waals surface area contributed by atoms with E-state index in [1.807, 2.05) is 6.92 Å². The van der Waals surface area contributed by atoms with Gasteiger partial charge in [-0.05, 0) is 36.4 Å². The highest BCUT2D eigenvalue weighted by Gasteiger charge is 2.42. The summed E-state index contributed by atoms with van der Waals surface area (Å²) < 4.78 is 26.9. The van der Waals surface area contributed by atoms with Gasteiger partial charge in [0.05, 0.1) is 0 Å². The van der Waals surface area contributed by atoms with Crippen molar-refractivity contribution in [1.29, 1.82) is 0 Å². The van der Waals surface area contributed by atoms with Gasteiger partial charge in [0.2, 0.25) is 11.8 Å². The van der Waals surface area contributed by atoms with Crippen LogP contribution in [0.4, 0.5) is 14.5 Å². The first-order valence-corrected chi connectivity index (χ1v) is 7.31. The summed E-state index contributed by atoms with van der Waals surface area (Å²) in [6.45, 7) is 1.84. The molecule has 1 aromatic rings. The minimum Gasteiger partial charge on any atom is -0.326 e. The largest absolute Gasteiger partial charge is 0.326 e. The number of nitrogens with one attached hydrogen (secondary N) is 1. The van der Waals surface area contributed by atoms with Crippen LogP contribution in [0.15, 0.2) is 23.4 Å². The van der Waals surface area contributed by atoms with Crippen LogP contribution in [-0.4, -0.2) is 16.8 Å². The quantitative estimate of drug-likeness (QED) is 0.842. The summed E-state index contributed by atoms with van der Waals surface area (Å²) >= 11 is 0.964. The molecule has 2 rings (SSSR count). The predicted molar refractivity (Wildman–Crippen MR) is 74.4 cm³/mol. The van der Waals surface area contributed by atoms with Crippen LogP contribution in [0.25, 0.3) is 0 Å². The number of hydrogen-bond acceptors (Lipinski definition) is 4. The van der Waals surface area contributed by atoms with E-state index in [0.29, 0.717) is 17.1 Å². The molecule has 1 aliphatic rings. The molecule has 0 bridgehead atoms. The minimum absolute atomic E-state index is 0.0418. The molecule has 0 aromatic carbocycles. The van der Waals surface area contributed by atoms with Gasteiger partial charge >= 0.3 is 0 Å². The van der Waals surface area contributed by atoms with E-state index in [1.54, 1.807) is 12.1 Å². The zero-order valence-corrected chi connectivity index (χ0v) is 11.9. The Labute approximate surface area is 120 Å². The van der Waals surface area contributed by atoms with Crippen LogP contribution in [0, 0.1) is 11.8 Å². The molecule has 20 heavy (non-hydrogen) atoms. The third-order valence-corrected chi connectivity index (χ3v) is 4.10. The molecule has 1 aromatic heterocycles. The van der Waals surface area contributed by atoms with Crippen LogP contribution in [0.2, 0.25) is 0 Å². The van der Waals surface area contributed by atoms with Crippen LogP contribution >= 0.6 is 11.9 Å². The SMILES string of the molecule is CC1CCC(F)(F)C[C@H]1C(=O)Nc1ccnc(SN)c1. The standard InChI is InChI=1S/C13H17F2N3OS/c1-8-2-4-13(14,15)7-10(8)12(19)18-9-3-5-17-11(6-9)20-16/h3,5-6,8,10H,2,4,7,16H2,1H3,(H,17,18,19)/t8?,10-/m1/s1. The summed E-state index contributed by atoms with van der Waals surface area (Å²) in [4.78, 5) is 16.1. The fraction of sp³-hybridized carbons (Fsp3) is 0.538. The van der Waals surface area contributed by atoms with Crippen molar-refractivity contribution in [3.05, 3.63) is 18.3 Å². The average Bonchev–Trinajstić information content (AvgIpc) is 2.41. The van der Waals surface area contributed by atoms with Gasteiger partial charge in [-0.15, -0.1) is 0 Å². The number of amides is 1. The van der Waals surface area contributed by atoms with Crippen LogP contribution in [-0.2, 0) is 4.79 Å². The molecule has 1 unspecified atom stereocenters. The number of pyridine rings is 1. The van der Waals surface area contributed by atoms with E-state index in [9.17, 15) is 13.6 Å². The molecular formula is C13H17F2N3OS. The topological polar surface area (TPSA) is 68.0 Å². The fourth-order valence-electron chi connectivity index (χ4n) is 2.40. The second kappa shape index (κ2) is 6.05. The molecule has 0 spiro atoms. The lowest BCUT2D eigenvalue weighted by atomic mass is 9.78. The Morgan fingerprint density at radius 1 is 1.60 bits per heavy atom. The maximum absolute atomic E-state index is 13.4. The van der Waals surface area contributed by atoms with E-state index in [-0.39, 0.29) is 24.7 Å². The van der Waals surface area contributed by atoms with Crippen molar-refractivity contribution in [3.8, 4) is 0 Å². The third kappa shape index (κ3) is 3.67. The van der Waals surface area contributed by atoms with Crippen molar-refractivity contribution in [3.63, 3.8) is 0 Å². The zero-order chi connectivity index (χ0) is 14.8. The summed E-state index contributed by atoms with van der Waals surface area (Å²) in [5.41, 5.74) is 0.527. The molecule has 3 N–H and O–H groups in total. The van der Waals surface area contributed by atoms with Gasteiger partial charge in [0.15, 0.2) is 0 Å². The number of anilines is 1. The average molecular weight is 301 g/mol. The molecule has 1 saturated carbocycles. The Hall–Kier alpha value is -1.21. The van der Waals surface area contributed by atoms with Gasteiger partial charge in [-0.3, -0.25) is 9.93 Å². The van der Waals surface area contributed by atoms with Gasteiger partial charge in [0.1, 0.15) is 5.03 Å². The molecule has 1 aliphatic carbocycles. The first-order chi connectivity index (χ1) is 9.41. The molecular weight excluding hydrogens is 284 g/mol. The highest BCUT2D eigenvalue weighted by Crippen LogP contribution is 2.40. The summed E-state index contributed by atoms with van der Waals surface area (Å²) in [6, 6.07) is 3.23. The van der Waals surface area contributed by atoms with Crippen molar-refractivity contribution < 1.29 is 13.6 Å². The Morgan fingerprint density at radius 3 is 3.05 bits per heavy atom. The van der Waals surface area contributed by atoms with Crippen molar-refractivity contribution in [2.75, 3.05) is 5.32 Å². The number of aromatic nitrogens is 1. The van der Waals surface area contributed by atoms with Gasteiger partial charge in [-0.2, -0.15) is 0 Å². The number of nitrogens with two attached hydrogens (primary N) is 1. The van der Waals surface area contributed by atoms with Crippen molar-refractivity contribution in [2.45, 2.75) is 37.1 Å². The number of nitrogens with zero attached hydrogens (tertiary/aromatic N) is 1. The van der Waals surface area contributed by atoms with Gasteiger partial charge in [0.25, 0.3) is 0 Å². The smallest absolute Gasteiger partial charge is 0.248 e. The van der Waals surface area contributed by atoms with Crippen LogP contribution in [0.3, 0.4) is 0 Å². The normalized spacial score (nSPS) is 25.2. The van der Waals surface area contributed by atoms with E-state index in [2.05, 4.69) is 10.3 Å². The highest BCUT2D eigenvalue weighted by atomic mass is 32.2. The van der Waals surface area contributed by atoms with E-state index >= 15 is 0 Å². The summed E-state index contributed by atoms with van der Waals surface area (Å²) in [6.07, 6.45) is 1.36. The molecule has 1 fully saturated rings. The maximum atomic E-state index is 13.4. The predicted octanol–water partition coefficient (Wildman–Crippen LogP) is 3.06. The summed E-state index contributed by atoms with van der Waals surface area (Å²) in [7, 11) is 0. The number of rotatable bonds is 3. The molecule has 2 atom stereocenters. The first kappa shape index (κ1) is 15.2. The lowest BCUT2D eigenvalue weighted by Crippen LogP contribution is -2.38. The molecule has 0 aliphatic heterocycles. The van der Waals surface area contributed by atoms with Crippen LogP contribution in [0.5, 0.6) is 0 Å². The second-order valence-electron chi connectivity index (χ2n) is 5.17. The van der Waals surface area contributed by atoms with E-state index < -0.39 is 11.8 Å². The molecule has 7 heteroatoms. The van der Waals surface area contributed by atoms with Crippen molar-refractivity contribution in [1.82, 2.24) is 4.98 Å². The molecule has 1 heterocycles.